The molecule has 1 fully saturated rings. The number of rotatable bonds is 5. The second kappa shape index (κ2) is 8.99. The van der Waals surface area contributed by atoms with E-state index in [9.17, 15) is 17.6 Å². The van der Waals surface area contributed by atoms with Crippen LogP contribution in [0.4, 0.5) is 4.39 Å². The third kappa shape index (κ3) is 4.31. The molecule has 0 unspecified atom stereocenters. The molecule has 1 aliphatic rings. The van der Waals surface area contributed by atoms with Gasteiger partial charge in [-0.2, -0.15) is 0 Å². The van der Waals surface area contributed by atoms with Crippen molar-refractivity contribution in [2.24, 2.45) is 5.73 Å². The smallest absolute Gasteiger partial charge is 0.253 e. The van der Waals surface area contributed by atoms with Crippen molar-refractivity contribution in [1.29, 1.82) is 0 Å². The second-order valence-electron chi connectivity index (χ2n) is 8.78. The highest BCUT2D eigenvalue weighted by atomic mass is 32.2. The minimum absolute atomic E-state index is 0.0558. The predicted octanol–water partition coefficient (Wildman–Crippen LogP) is 2.81. The number of ether oxygens (including phenoxy) is 1. The zero-order valence-electron chi connectivity index (χ0n) is 19.7. The Bertz CT molecular complexity index is 1580. The van der Waals surface area contributed by atoms with Gasteiger partial charge in [0.25, 0.3) is 5.91 Å². The molecule has 4 aromatic rings. The first-order valence-corrected chi connectivity index (χ1v) is 13.1. The maximum Gasteiger partial charge on any atom is 0.253 e. The van der Waals surface area contributed by atoms with Crippen LogP contribution in [0.5, 0.6) is 5.75 Å². The number of hydrogen-bond acceptors (Lipinski definition) is 7. The first-order chi connectivity index (χ1) is 17.2. The van der Waals surface area contributed by atoms with Crippen LogP contribution in [0, 0.1) is 5.82 Å². The first kappa shape index (κ1) is 23.9. The number of carbonyl (C=O) groups excluding carboxylic acids is 1. The van der Waals surface area contributed by atoms with Gasteiger partial charge in [-0.3, -0.25) is 9.36 Å². The Morgan fingerprint density at radius 2 is 1.92 bits per heavy atom. The summed E-state index contributed by atoms with van der Waals surface area (Å²) in [4.78, 5) is 23.5. The molecule has 1 amide bonds. The normalized spacial score (nSPS) is 16.0. The predicted molar refractivity (Wildman–Crippen MR) is 132 cm³/mol. The summed E-state index contributed by atoms with van der Waals surface area (Å²) in [5.41, 5.74) is 7.52. The van der Waals surface area contributed by atoms with Crippen molar-refractivity contribution in [3.8, 4) is 22.8 Å². The molecule has 5 rings (SSSR count). The molecule has 0 aliphatic carbocycles. The van der Waals surface area contributed by atoms with Crippen molar-refractivity contribution < 1.29 is 22.3 Å². The molecule has 0 radical (unpaired) electrons. The zero-order chi connectivity index (χ0) is 25.6. The number of fused-ring (bicyclic) bond motifs is 1. The van der Waals surface area contributed by atoms with Crippen LogP contribution in [0.25, 0.3) is 28.0 Å². The van der Waals surface area contributed by atoms with Gasteiger partial charge in [-0.25, -0.2) is 22.8 Å². The molecule has 0 bridgehead atoms. The van der Waals surface area contributed by atoms with E-state index in [4.69, 9.17) is 10.5 Å². The molecule has 2 aromatic heterocycles. The fourth-order valence-electron chi connectivity index (χ4n) is 4.38. The lowest BCUT2D eigenvalue weighted by Crippen LogP contribution is -2.31. The molecule has 1 saturated heterocycles. The second-order valence-corrected chi connectivity index (χ2v) is 10.8. The van der Waals surface area contributed by atoms with E-state index in [1.54, 1.807) is 29.2 Å². The van der Waals surface area contributed by atoms with Crippen molar-refractivity contribution in [3.63, 3.8) is 0 Å². The molecule has 1 atom stereocenters. The topological polar surface area (TPSA) is 120 Å². The van der Waals surface area contributed by atoms with Gasteiger partial charge in [0.1, 0.15) is 11.6 Å². The Kier molecular flexibility index (Phi) is 5.97. The molecule has 0 spiro atoms. The average molecular weight is 510 g/mol. The van der Waals surface area contributed by atoms with Gasteiger partial charge in [0.2, 0.25) is 5.95 Å². The van der Waals surface area contributed by atoms with Crippen LogP contribution in [0.1, 0.15) is 16.8 Å². The highest BCUT2D eigenvalue weighted by molar-refractivity contribution is 7.91. The molecule has 11 heteroatoms. The van der Waals surface area contributed by atoms with Gasteiger partial charge in [-0.05, 0) is 36.8 Å². The van der Waals surface area contributed by atoms with E-state index in [1.165, 1.54) is 42.4 Å². The summed E-state index contributed by atoms with van der Waals surface area (Å²) in [5, 5.41) is 0.443. The van der Waals surface area contributed by atoms with Gasteiger partial charge in [-0.1, -0.05) is 6.07 Å². The number of methoxy groups -OCH3 is 1. The number of aromatic nitrogens is 3. The highest BCUT2D eigenvalue weighted by Gasteiger charge is 2.26. The van der Waals surface area contributed by atoms with E-state index in [0.717, 1.165) is 12.7 Å². The van der Waals surface area contributed by atoms with E-state index in [0.29, 0.717) is 40.9 Å². The van der Waals surface area contributed by atoms with Gasteiger partial charge in [0.05, 0.1) is 17.5 Å². The lowest BCUT2D eigenvalue weighted by molar-refractivity contribution is 0.0791. The summed E-state index contributed by atoms with van der Waals surface area (Å²) in [7, 11) is -2.10. The summed E-state index contributed by atoms with van der Waals surface area (Å²) in [6.45, 7) is 1.04. The molecule has 0 saturated carbocycles. The maximum absolute atomic E-state index is 14.4. The standard InChI is InChI=1S/C25H24FN5O4S/c1-35-18-4-6-21(26)20(10-18)16-11-28-25(29-12-16)31-14-23(36(2,33)34)19-5-3-15(9-22(19)31)24(32)30-8-7-17(27)13-30/h3-6,9-12,14,17H,7-8,13,27H2,1-2H3/t17-/m1/s1. The Morgan fingerprint density at radius 3 is 2.56 bits per heavy atom. The van der Waals surface area contributed by atoms with Crippen LogP contribution in [0.3, 0.4) is 0 Å². The zero-order valence-corrected chi connectivity index (χ0v) is 20.5. The minimum Gasteiger partial charge on any atom is -0.497 e. The fourth-order valence-corrected chi connectivity index (χ4v) is 5.25. The van der Waals surface area contributed by atoms with Crippen LogP contribution in [0.15, 0.2) is 59.9 Å². The highest BCUT2D eigenvalue weighted by Crippen LogP contribution is 2.30. The molecule has 186 valence electrons. The molecule has 2 N–H and O–H groups in total. The summed E-state index contributed by atoms with van der Waals surface area (Å²) in [5.74, 6) is 0.0292. The van der Waals surface area contributed by atoms with Gasteiger partial charge >= 0.3 is 0 Å². The number of halogens is 1. The van der Waals surface area contributed by atoms with Gasteiger partial charge in [-0.15, -0.1) is 0 Å². The number of benzene rings is 2. The number of sulfone groups is 1. The average Bonchev–Trinajstić information content (AvgIpc) is 3.47. The Balaban J connectivity index is 1.59. The van der Waals surface area contributed by atoms with E-state index in [1.807, 2.05) is 0 Å². The van der Waals surface area contributed by atoms with Crippen molar-refractivity contribution in [2.45, 2.75) is 17.4 Å². The van der Waals surface area contributed by atoms with Crippen LogP contribution < -0.4 is 10.5 Å². The molecular formula is C25H24FN5O4S. The fraction of sp³-hybridized carbons (Fsp3) is 0.240. The van der Waals surface area contributed by atoms with Crippen LogP contribution >= 0.6 is 0 Å². The van der Waals surface area contributed by atoms with E-state index >= 15 is 0 Å². The van der Waals surface area contributed by atoms with Crippen molar-refractivity contribution in [1.82, 2.24) is 19.4 Å². The molecule has 36 heavy (non-hydrogen) atoms. The Hall–Kier alpha value is -3.83. The number of nitrogens with zero attached hydrogens (tertiary/aromatic N) is 4. The van der Waals surface area contributed by atoms with Crippen LogP contribution in [-0.4, -0.2) is 66.3 Å². The molecule has 9 nitrogen and oxygen atoms in total. The van der Waals surface area contributed by atoms with Gasteiger partial charge in [0, 0.05) is 66.1 Å². The molecule has 2 aromatic carbocycles. The SMILES string of the molecule is COc1ccc(F)c(-c2cnc(-n3cc(S(C)(=O)=O)c4ccc(C(=O)N5CC[C@@H](N)C5)cc43)nc2)c1. The first-order valence-electron chi connectivity index (χ1n) is 11.2. The monoisotopic (exact) mass is 509 g/mol. The van der Waals surface area contributed by atoms with Crippen LogP contribution in [0.2, 0.25) is 0 Å². The third-order valence-electron chi connectivity index (χ3n) is 6.27. The third-order valence-corrected chi connectivity index (χ3v) is 7.39. The Morgan fingerprint density at radius 1 is 1.17 bits per heavy atom. The number of nitrogens with two attached hydrogens (primary N) is 1. The molecule has 1 aliphatic heterocycles. The number of amides is 1. The van der Waals surface area contributed by atoms with Crippen LogP contribution in [-0.2, 0) is 9.84 Å². The summed E-state index contributed by atoms with van der Waals surface area (Å²) in [6, 6.07) is 9.17. The number of hydrogen-bond donors (Lipinski definition) is 1. The van der Waals surface area contributed by atoms with Gasteiger partial charge < -0.3 is 15.4 Å². The number of carbonyl (C=O) groups is 1. The van der Waals surface area contributed by atoms with Gasteiger partial charge in [0.15, 0.2) is 9.84 Å². The van der Waals surface area contributed by atoms with Crippen molar-refractivity contribution in [2.75, 3.05) is 26.5 Å². The quantitative estimate of drug-likeness (QED) is 0.439. The summed E-state index contributed by atoms with van der Waals surface area (Å²) < 4.78 is 46.1. The van der Waals surface area contributed by atoms with E-state index in [2.05, 4.69) is 9.97 Å². The van der Waals surface area contributed by atoms with Crippen molar-refractivity contribution in [3.05, 3.63) is 66.4 Å². The lowest BCUT2D eigenvalue weighted by atomic mass is 10.1. The summed E-state index contributed by atoms with van der Waals surface area (Å²) in [6.07, 6.45) is 6.18. The molecule has 3 heterocycles. The summed E-state index contributed by atoms with van der Waals surface area (Å²) >= 11 is 0. The molecular weight excluding hydrogens is 485 g/mol. The number of likely N-dealkylation sites (tertiary alicyclic amines) is 1. The van der Waals surface area contributed by atoms with Crippen molar-refractivity contribution >= 4 is 26.6 Å². The minimum atomic E-state index is -3.59. The van der Waals surface area contributed by atoms with E-state index in [-0.39, 0.29) is 28.4 Å². The maximum atomic E-state index is 14.4. The lowest BCUT2D eigenvalue weighted by Gasteiger charge is -2.16. The van der Waals surface area contributed by atoms with E-state index < -0.39 is 15.7 Å². The largest absolute Gasteiger partial charge is 0.497 e. The Labute approximate surface area is 207 Å².